The number of piperazine rings is 1. The topological polar surface area (TPSA) is 57.4 Å². The first kappa shape index (κ1) is 13.8. The summed E-state index contributed by atoms with van der Waals surface area (Å²) in [6.45, 7) is 3.28. The third kappa shape index (κ3) is 2.82. The fraction of sp³-hybridized carbons (Fsp3) is 0.429. The summed E-state index contributed by atoms with van der Waals surface area (Å²) in [5.41, 5.74) is 1.31. The molecule has 0 bridgehead atoms. The molecular formula is C14H18FN5O. The monoisotopic (exact) mass is 291 g/mol. The number of hydrogen-bond acceptors (Lipinski definition) is 6. The van der Waals surface area contributed by atoms with Gasteiger partial charge in [-0.2, -0.15) is 0 Å². The van der Waals surface area contributed by atoms with Gasteiger partial charge >= 0.3 is 6.01 Å². The Kier molecular flexibility index (Phi) is 3.74. The van der Waals surface area contributed by atoms with E-state index in [2.05, 4.69) is 15.5 Å². The van der Waals surface area contributed by atoms with Crippen LogP contribution in [0.4, 0.5) is 16.1 Å². The molecule has 0 amide bonds. The third-order valence-electron chi connectivity index (χ3n) is 3.45. The molecule has 1 aliphatic heterocycles. The Morgan fingerprint density at radius 3 is 2.67 bits per heavy atom. The number of aromatic nitrogens is 2. The maximum absolute atomic E-state index is 14.1. The van der Waals surface area contributed by atoms with Crippen molar-refractivity contribution in [3.63, 3.8) is 0 Å². The van der Waals surface area contributed by atoms with Crippen molar-refractivity contribution in [2.75, 3.05) is 50.1 Å². The fourth-order valence-corrected chi connectivity index (χ4v) is 2.31. The van der Waals surface area contributed by atoms with Crippen LogP contribution >= 0.6 is 0 Å². The van der Waals surface area contributed by atoms with Gasteiger partial charge in [-0.3, -0.25) is 0 Å². The molecule has 2 heterocycles. The van der Waals surface area contributed by atoms with E-state index in [1.54, 1.807) is 17.0 Å². The summed E-state index contributed by atoms with van der Waals surface area (Å²) in [4.78, 5) is 3.76. The van der Waals surface area contributed by atoms with Crippen LogP contribution in [-0.4, -0.2) is 50.5 Å². The number of nitrogens with one attached hydrogen (secondary N) is 1. The number of anilines is 2. The number of halogens is 1. The first-order valence-electron chi connectivity index (χ1n) is 6.91. The first-order valence-corrected chi connectivity index (χ1v) is 6.91. The third-order valence-corrected chi connectivity index (χ3v) is 3.45. The Bertz CT molecular complexity index is 622. The molecule has 0 atom stereocenters. The second kappa shape index (κ2) is 5.69. The average Bonchev–Trinajstić information content (AvgIpc) is 2.99. The van der Waals surface area contributed by atoms with Gasteiger partial charge in [-0.25, -0.2) is 4.39 Å². The molecule has 1 fully saturated rings. The van der Waals surface area contributed by atoms with Crippen LogP contribution in [-0.2, 0) is 0 Å². The van der Waals surface area contributed by atoms with Crippen molar-refractivity contribution in [3.8, 4) is 11.5 Å². The summed E-state index contributed by atoms with van der Waals surface area (Å²) in [5.74, 6) is 0.170. The SMILES string of the molecule is CN(C)c1nnc(-c2ccc(F)c(N3CCNCC3)c2)o1. The van der Waals surface area contributed by atoms with Crippen LogP contribution in [0.25, 0.3) is 11.5 Å². The summed E-state index contributed by atoms with van der Waals surface area (Å²) in [5, 5.41) is 11.2. The molecule has 7 heteroatoms. The molecule has 3 rings (SSSR count). The molecule has 2 aromatic rings. The van der Waals surface area contributed by atoms with Gasteiger partial charge in [0.2, 0.25) is 5.89 Å². The van der Waals surface area contributed by atoms with E-state index in [1.165, 1.54) is 6.07 Å². The molecule has 1 aromatic heterocycles. The Labute approximate surface area is 122 Å². The van der Waals surface area contributed by atoms with Crippen LogP contribution in [0.2, 0.25) is 0 Å². The zero-order valence-corrected chi connectivity index (χ0v) is 12.1. The maximum Gasteiger partial charge on any atom is 0.317 e. The lowest BCUT2D eigenvalue weighted by molar-refractivity contribution is 0.561. The Balaban J connectivity index is 1.92. The van der Waals surface area contributed by atoms with Gasteiger partial charge in [-0.15, -0.1) is 5.10 Å². The van der Waals surface area contributed by atoms with Crippen molar-refractivity contribution in [1.82, 2.24) is 15.5 Å². The predicted molar refractivity (Wildman–Crippen MR) is 79.1 cm³/mol. The quantitative estimate of drug-likeness (QED) is 0.921. The van der Waals surface area contributed by atoms with Gasteiger partial charge in [0.25, 0.3) is 0 Å². The molecule has 21 heavy (non-hydrogen) atoms. The molecule has 0 aliphatic carbocycles. The van der Waals surface area contributed by atoms with E-state index in [9.17, 15) is 4.39 Å². The number of benzene rings is 1. The Hall–Kier alpha value is -2.15. The lowest BCUT2D eigenvalue weighted by atomic mass is 10.1. The molecule has 1 aliphatic rings. The second-order valence-corrected chi connectivity index (χ2v) is 5.19. The van der Waals surface area contributed by atoms with E-state index < -0.39 is 0 Å². The molecule has 0 radical (unpaired) electrons. The van der Waals surface area contributed by atoms with Crippen molar-refractivity contribution in [2.24, 2.45) is 0 Å². The minimum Gasteiger partial charge on any atom is -0.403 e. The standard InChI is InChI=1S/C14H18FN5O/c1-19(2)14-18-17-13(21-14)10-3-4-11(15)12(9-10)20-7-5-16-6-8-20/h3-4,9,16H,5-8H2,1-2H3. The highest BCUT2D eigenvalue weighted by Crippen LogP contribution is 2.28. The Morgan fingerprint density at radius 2 is 2.00 bits per heavy atom. The lowest BCUT2D eigenvalue weighted by Crippen LogP contribution is -2.43. The smallest absolute Gasteiger partial charge is 0.317 e. The highest BCUT2D eigenvalue weighted by atomic mass is 19.1. The first-order chi connectivity index (χ1) is 10.1. The molecule has 0 spiro atoms. The van der Waals surface area contributed by atoms with Gasteiger partial charge in [0, 0.05) is 45.8 Å². The second-order valence-electron chi connectivity index (χ2n) is 5.19. The molecule has 0 unspecified atom stereocenters. The van der Waals surface area contributed by atoms with Crippen molar-refractivity contribution in [3.05, 3.63) is 24.0 Å². The number of rotatable bonds is 3. The van der Waals surface area contributed by atoms with Crippen LogP contribution in [0.5, 0.6) is 0 Å². The van der Waals surface area contributed by atoms with Crippen LogP contribution in [0.1, 0.15) is 0 Å². The summed E-state index contributed by atoms with van der Waals surface area (Å²) in [6.07, 6.45) is 0. The molecule has 112 valence electrons. The van der Waals surface area contributed by atoms with Crippen LogP contribution in [0, 0.1) is 5.82 Å². The van der Waals surface area contributed by atoms with Crippen LogP contribution in [0.3, 0.4) is 0 Å². The van der Waals surface area contributed by atoms with Crippen molar-refractivity contribution in [1.29, 1.82) is 0 Å². The van der Waals surface area contributed by atoms with E-state index in [0.717, 1.165) is 31.7 Å². The lowest BCUT2D eigenvalue weighted by Gasteiger charge is -2.29. The molecule has 0 saturated carbocycles. The van der Waals surface area contributed by atoms with Gasteiger partial charge in [0.05, 0.1) is 5.69 Å². The molecular weight excluding hydrogens is 273 g/mol. The van der Waals surface area contributed by atoms with E-state index in [4.69, 9.17) is 4.42 Å². The van der Waals surface area contributed by atoms with Crippen LogP contribution in [0.15, 0.2) is 22.6 Å². The van der Waals surface area contributed by atoms with E-state index >= 15 is 0 Å². The van der Waals surface area contributed by atoms with Gasteiger partial charge in [-0.05, 0) is 18.2 Å². The minimum atomic E-state index is -0.229. The summed E-state index contributed by atoms with van der Waals surface area (Å²) >= 11 is 0. The summed E-state index contributed by atoms with van der Waals surface area (Å²) in [7, 11) is 3.65. The highest BCUT2D eigenvalue weighted by molar-refractivity contribution is 5.63. The van der Waals surface area contributed by atoms with Gasteiger partial charge in [0.15, 0.2) is 0 Å². The van der Waals surface area contributed by atoms with Crippen molar-refractivity contribution in [2.45, 2.75) is 0 Å². The maximum atomic E-state index is 14.1. The van der Waals surface area contributed by atoms with Gasteiger partial charge in [0.1, 0.15) is 5.82 Å². The molecule has 1 saturated heterocycles. The number of hydrogen-bond donors (Lipinski definition) is 1. The largest absolute Gasteiger partial charge is 0.403 e. The molecule has 6 nitrogen and oxygen atoms in total. The number of nitrogens with zero attached hydrogens (tertiary/aromatic N) is 4. The zero-order valence-electron chi connectivity index (χ0n) is 12.1. The van der Waals surface area contributed by atoms with E-state index in [0.29, 0.717) is 17.6 Å². The summed E-state index contributed by atoms with van der Waals surface area (Å²) in [6, 6.07) is 5.31. The highest BCUT2D eigenvalue weighted by Gasteiger charge is 2.17. The molecule has 1 aromatic carbocycles. The summed E-state index contributed by atoms with van der Waals surface area (Å²) < 4.78 is 19.6. The van der Waals surface area contributed by atoms with Gasteiger partial charge in [-0.1, -0.05) is 5.10 Å². The van der Waals surface area contributed by atoms with E-state index in [1.807, 2.05) is 19.0 Å². The zero-order chi connectivity index (χ0) is 14.8. The molecule has 1 N–H and O–H groups in total. The minimum absolute atomic E-state index is 0.229. The average molecular weight is 291 g/mol. The predicted octanol–water partition coefficient (Wildman–Crippen LogP) is 1.35. The van der Waals surface area contributed by atoms with Crippen molar-refractivity contribution >= 4 is 11.7 Å². The van der Waals surface area contributed by atoms with Gasteiger partial charge < -0.3 is 19.5 Å². The van der Waals surface area contributed by atoms with Crippen LogP contribution < -0.4 is 15.1 Å². The van der Waals surface area contributed by atoms with Crippen molar-refractivity contribution < 1.29 is 8.81 Å². The van der Waals surface area contributed by atoms with E-state index in [-0.39, 0.29) is 5.82 Å². The Morgan fingerprint density at radius 1 is 1.24 bits per heavy atom. The fourth-order valence-electron chi connectivity index (χ4n) is 2.31. The normalized spacial score (nSPS) is 15.3.